The van der Waals surface area contributed by atoms with Crippen LogP contribution in [0, 0.1) is 12.3 Å². The second-order valence-corrected chi connectivity index (χ2v) is 10.1. The summed E-state index contributed by atoms with van der Waals surface area (Å²) >= 11 is 0. The zero-order valence-electron chi connectivity index (χ0n) is 21.9. The Morgan fingerprint density at radius 2 is 1.85 bits per heavy atom. The van der Waals surface area contributed by atoms with Gasteiger partial charge in [-0.1, -0.05) is 42.0 Å². The standard InChI is InChI=1S/C28H26F3N5O5/c1-17-5-7-18(8-6-17)15-35-24(34-25(39)36(26(35)40)16-27(13-14-27)23(37)38)32-19-9-11-20(12-10-19)41-22-4-2-3-21(33-22)28(29,30)31/h2-11,20H,12-16H2,1H3,(H,37,38)(H,32,34,39). The number of rotatable bonds is 9. The van der Waals surface area contributed by atoms with Gasteiger partial charge in [-0.15, -0.1) is 0 Å². The topological polar surface area (TPSA) is 128 Å². The molecule has 10 nitrogen and oxygen atoms in total. The van der Waals surface area contributed by atoms with E-state index in [0.29, 0.717) is 18.5 Å². The van der Waals surface area contributed by atoms with Crippen LogP contribution < -0.4 is 21.4 Å². The van der Waals surface area contributed by atoms with E-state index in [2.05, 4.69) is 15.3 Å². The molecule has 13 heteroatoms. The summed E-state index contributed by atoms with van der Waals surface area (Å²) in [7, 11) is 0. The Morgan fingerprint density at radius 1 is 1.12 bits per heavy atom. The number of hydrogen-bond acceptors (Lipinski definition) is 7. The third-order valence-corrected chi connectivity index (χ3v) is 6.98. The van der Waals surface area contributed by atoms with Crippen LogP contribution in [0.25, 0.3) is 0 Å². The first-order valence-electron chi connectivity index (χ1n) is 12.8. The summed E-state index contributed by atoms with van der Waals surface area (Å²) in [5.74, 6) is -1.27. The molecule has 2 aliphatic rings. The number of carboxylic acid groups (broad SMARTS) is 1. The third kappa shape index (κ3) is 6.23. The van der Waals surface area contributed by atoms with Crippen LogP contribution in [0.4, 0.5) is 19.1 Å². The monoisotopic (exact) mass is 569 g/mol. The number of allylic oxidation sites excluding steroid dienone is 1. The fourth-order valence-electron chi connectivity index (χ4n) is 4.38. The lowest BCUT2D eigenvalue weighted by molar-refractivity contribution is -0.144. The van der Waals surface area contributed by atoms with Crippen LogP contribution in [0.3, 0.4) is 0 Å². The summed E-state index contributed by atoms with van der Waals surface area (Å²) in [5, 5.41) is 12.6. The highest BCUT2D eigenvalue weighted by Gasteiger charge is 2.51. The zero-order valence-corrected chi connectivity index (χ0v) is 21.9. The number of alkyl halides is 3. The number of pyridine rings is 1. The van der Waals surface area contributed by atoms with Gasteiger partial charge in [0.25, 0.3) is 0 Å². The van der Waals surface area contributed by atoms with Gasteiger partial charge in [0.05, 0.1) is 12.0 Å². The lowest BCUT2D eigenvalue weighted by Crippen LogP contribution is -2.45. The van der Waals surface area contributed by atoms with Crippen LogP contribution in [-0.4, -0.2) is 36.3 Å². The Labute approximate surface area is 231 Å². The predicted molar refractivity (Wildman–Crippen MR) is 141 cm³/mol. The van der Waals surface area contributed by atoms with E-state index in [1.807, 2.05) is 31.2 Å². The highest BCUT2D eigenvalue weighted by atomic mass is 19.4. The molecule has 41 heavy (non-hydrogen) atoms. The Hall–Kier alpha value is -4.68. The van der Waals surface area contributed by atoms with Crippen molar-refractivity contribution in [2.24, 2.45) is 5.41 Å². The Bertz CT molecular complexity index is 1650. The van der Waals surface area contributed by atoms with Crippen molar-refractivity contribution in [3.8, 4) is 5.88 Å². The minimum Gasteiger partial charge on any atom is -0.481 e. The fourth-order valence-corrected chi connectivity index (χ4v) is 4.38. The molecule has 1 unspecified atom stereocenters. The number of carboxylic acids is 1. The van der Waals surface area contributed by atoms with Crippen molar-refractivity contribution in [1.29, 1.82) is 0 Å². The quantitative estimate of drug-likeness (QED) is 0.399. The molecule has 0 saturated heterocycles. The average Bonchev–Trinajstić information content (AvgIpc) is 3.72. The first kappa shape index (κ1) is 27.9. The average molecular weight is 570 g/mol. The van der Waals surface area contributed by atoms with Crippen molar-refractivity contribution in [2.75, 3.05) is 5.32 Å². The number of hydrogen-bond donors (Lipinski definition) is 2. The van der Waals surface area contributed by atoms with Gasteiger partial charge in [-0.2, -0.15) is 18.2 Å². The molecule has 0 amide bonds. The van der Waals surface area contributed by atoms with Gasteiger partial charge in [-0.05, 0) is 43.5 Å². The maximum absolute atomic E-state index is 13.5. The molecule has 1 aromatic carbocycles. The summed E-state index contributed by atoms with van der Waals surface area (Å²) < 4.78 is 46.6. The first-order valence-corrected chi connectivity index (χ1v) is 12.8. The van der Waals surface area contributed by atoms with E-state index in [4.69, 9.17) is 4.74 Å². The summed E-state index contributed by atoms with van der Waals surface area (Å²) in [6.45, 7) is 1.72. The van der Waals surface area contributed by atoms with Crippen molar-refractivity contribution in [2.45, 2.75) is 51.6 Å². The predicted octanol–water partition coefficient (Wildman–Crippen LogP) is 3.74. The molecule has 2 heterocycles. The minimum absolute atomic E-state index is 0.0354. The van der Waals surface area contributed by atoms with Gasteiger partial charge in [-0.3, -0.25) is 9.36 Å². The SMILES string of the molecule is Cc1ccc(Cn2c(NC3=CCC(Oc4cccc(C(F)(F)F)n4)C=C3)nc(=O)n(CC3(C(=O)O)CC3)c2=O)cc1. The van der Waals surface area contributed by atoms with Crippen molar-refractivity contribution in [1.82, 2.24) is 19.1 Å². The number of aromatic nitrogens is 4. The first-order chi connectivity index (χ1) is 19.4. The van der Waals surface area contributed by atoms with Gasteiger partial charge in [0.1, 0.15) is 11.8 Å². The molecule has 1 saturated carbocycles. The van der Waals surface area contributed by atoms with Crippen LogP contribution >= 0.6 is 0 Å². The smallest absolute Gasteiger partial charge is 0.433 e. The van der Waals surface area contributed by atoms with Crippen molar-refractivity contribution >= 4 is 11.9 Å². The lowest BCUT2D eigenvalue weighted by Gasteiger charge is -2.20. The van der Waals surface area contributed by atoms with Crippen LogP contribution in [0.2, 0.25) is 0 Å². The van der Waals surface area contributed by atoms with Gasteiger partial charge in [0, 0.05) is 24.7 Å². The summed E-state index contributed by atoms with van der Waals surface area (Å²) in [6.07, 6.45) is 0.690. The molecule has 0 spiro atoms. The van der Waals surface area contributed by atoms with E-state index >= 15 is 0 Å². The number of carbonyl (C=O) groups is 1. The van der Waals surface area contributed by atoms with Crippen molar-refractivity contribution in [3.05, 3.63) is 104 Å². The number of ether oxygens (including phenoxy) is 1. The number of nitrogens with one attached hydrogen (secondary N) is 1. The molecule has 1 atom stereocenters. The van der Waals surface area contributed by atoms with Gasteiger partial charge >= 0.3 is 23.5 Å². The normalized spacial score (nSPS) is 17.6. The largest absolute Gasteiger partial charge is 0.481 e. The summed E-state index contributed by atoms with van der Waals surface area (Å²) in [5.41, 5.74) is -1.51. The second-order valence-electron chi connectivity index (χ2n) is 10.1. The highest BCUT2D eigenvalue weighted by Crippen LogP contribution is 2.46. The van der Waals surface area contributed by atoms with Crippen LogP contribution in [0.1, 0.15) is 36.1 Å². The number of nitrogens with zero attached hydrogens (tertiary/aromatic N) is 4. The van der Waals surface area contributed by atoms with Crippen LogP contribution in [0.15, 0.2) is 76.0 Å². The van der Waals surface area contributed by atoms with Crippen LogP contribution in [0.5, 0.6) is 5.88 Å². The van der Waals surface area contributed by atoms with E-state index in [1.54, 1.807) is 18.2 Å². The van der Waals surface area contributed by atoms with E-state index < -0.39 is 40.7 Å². The van der Waals surface area contributed by atoms with Crippen molar-refractivity contribution < 1.29 is 27.8 Å². The zero-order chi connectivity index (χ0) is 29.4. The van der Waals surface area contributed by atoms with Crippen molar-refractivity contribution in [3.63, 3.8) is 0 Å². The molecule has 214 valence electrons. The Morgan fingerprint density at radius 3 is 2.46 bits per heavy atom. The summed E-state index contributed by atoms with van der Waals surface area (Å²) in [4.78, 5) is 45.7. The van der Waals surface area contributed by atoms with E-state index in [1.165, 1.54) is 16.7 Å². The lowest BCUT2D eigenvalue weighted by atomic mass is 10.1. The molecular weight excluding hydrogens is 543 g/mol. The molecule has 1 fully saturated rings. The number of halogens is 3. The Balaban J connectivity index is 1.38. The molecular formula is C28H26F3N5O5. The van der Waals surface area contributed by atoms with E-state index in [0.717, 1.165) is 21.8 Å². The number of benzene rings is 1. The van der Waals surface area contributed by atoms with E-state index in [-0.39, 0.29) is 31.3 Å². The Kier molecular flexibility index (Phi) is 7.28. The molecule has 0 radical (unpaired) electrons. The second kappa shape index (κ2) is 10.7. The molecule has 0 bridgehead atoms. The van der Waals surface area contributed by atoms with Gasteiger partial charge < -0.3 is 15.2 Å². The van der Waals surface area contributed by atoms with Gasteiger partial charge in [-0.25, -0.2) is 19.1 Å². The van der Waals surface area contributed by atoms with Gasteiger partial charge in [0.2, 0.25) is 11.8 Å². The molecule has 3 aromatic rings. The van der Waals surface area contributed by atoms with E-state index in [9.17, 15) is 32.7 Å². The highest BCUT2D eigenvalue weighted by molar-refractivity contribution is 5.77. The maximum atomic E-state index is 13.5. The third-order valence-electron chi connectivity index (χ3n) is 6.98. The number of anilines is 1. The number of aliphatic carboxylic acids is 1. The fraction of sp³-hybridized carbons (Fsp3) is 0.321. The number of aryl methyl sites for hydroxylation is 1. The minimum atomic E-state index is -4.60. The maximum Gasteiger partial charge on any atom is 0.433 e. The summed E-state index contributed by atoms with van der Waals surface area (Å²) in [6, 6.07) is 10.8. The molecule has 0 aliphatic heterocycles. The molecule has 5 rings (SSSR count). The molecule has 2 N–H and O–H groups in total. The van der Waals surface area contributed by atoms with Gasteiger partial charge in [0.15, 0.2) is 0 Å². The van der Waals surface area contributed by atoms with Crippen LogP contribution in [-0.2, 0) is 24.1 Å². The molecule has 2 aromatic heterocycles. The molecule has 2 aliphatic carbocycles.